The molecule has 2 aromatic carbocycles. The molecule has 2 amide bonds. The summed E-state index contributed by atoms with van der Waals surface area (Å²) in [5.41, 5.74) is 2.10. The Morgan fingerprint density at radius 1 is 1.00 bits per heavy atom. The van der Waals surface area contributed by atoms with Crippen molar-refractivity contribution in [2.75, 3.05) is 13.2 Å². The number of hydrogen-bond donors (Lipinski definition) is 2. The summed E-state index contributed by atoms with van der Waals surface area (Å²) < 4.78 is 10.8. The van der Waals surface area contributed by atoms with Crippen LogP contribution in [0, 0.1) is 6.92 Å². The normalized spacial score (nSPS) is 11.5. The van der Waals surface area contributed by atoms with Crippen molar-refractivity contribution in [1.29, 1.82) is 0 Å². The van der Waals surface area contributed by atoms with Gasteiger partial charge in [0.05, 0.1) is 12.8 Å². The quantitative estimate of drug-likeness (QED) is 0.548. The first-order chi connectivity index (χ1) is 14.1. The predicted octanol–water partition coefficient (Wildman–Crippen LogP) is 3.12. The van der Waals surface area contributed by atoms with Crippen molar-refractivity contribution in [3.05, 3.63) is 89.9 Å². The molecule has 6 nitrogen and oxygen atoms in total. The number of amides is 2. The zero-order valence-corrected chi connectivity index (χ0v) is 16.3. The van der Waals surface area contributed by atoms with Crippen molar-refractivity contribution in [3.8, 4) is 5.75 Å². The van der Waals surface area contributed by atoms with E-state index in [0.29, 0.717) is 19.6 Å². The number of furan rings is 1. The van der Waals surface area contributed by atoms with Crippen LogP contribution in [-0.2, 0) is 11.2 Å². The van der Waals surface area contributed by atoms with Gasteiger partial charge in [0.15, 0.2) is 5.76 Å². The molecule has 3 rings (SSSR count). The van der Waals surface area contributed by atoms with E-state index in [1.807, 2.05) is 61.5 Å². The van der Waals surface area contributed by atoms with E-state index in [1.165, 1.54) is 6.26 Å². The number of carbonyl (C=O) groups excluding carboxylic acids is 2. The van der Waals surface area contributed by atoms with E-state index in [2.05, 4.69) is 10.6 Å². The third-order valence-electron chi connectivity index (χ3n) is 4.34. The highest BCUT2D eigenvalue weighted by Crippen LogP contribution is 2.11. The monoisotopic (exact) mass is 392 g/mol. The first-order valence-electron chi connectivity index (χ1n) is 9.47. The summed E-state index contributed by atoms with van der Waals surface area (Å²) >= 11 is 0. The molecule has 1 atom stereocenters. The molecule has 0 saturated carbocycles. The maximum atomic E-state index is 12.7. The Morgan fingerprint density at radius 2 is 1.76 bits per heavy atom. The van der Waals surface area contributed by atoms with Crippen molar-refractivity contribution in [1.82, 2.24) is 10.6 Å². The third-order valence-corrected chi connectivity index (χ3v) is 4.34. The predicted molar refractivity (Wildman–Crippen MR) is 110 cm³/mol. The third kappa shape index (κ3) is 6.24. The van der Waals surface area contributed by atoms with Crippen molar-refractivity contribution in [2.24, 2.45) is 0 Å². The topological polar surface area (TPSA) is 80.6 Å². The molecule has 0 saturated heterocycles. The highest BCUT2D eigenvalue weighted by atomic mass is 16.5. The number of nitrogens with one attached hydrogen (secondary N) is 2. The van der Waals surface area contributed by atoms with E-state index in [1.54, 1.807) is 12.1 Å². The lowest BCUT2D eigenvalue weighted by molar-refractivity contribution is -0.123. The molecular weight excluding hydrogens is 368 g/mol. The molecule has 0 radical (unpaired) electrons. The molecular formula is C23H24N2O4. The maximum absolute atomic E-state index is 12.7. The Labute approximate surface area is 169 Å². The standard InChI is InChI=1S/C23H24N2O4/c1-17-9-11-19(12-10-17)28-15-13-24-22(26)20(16-18-6-3-2-4-7-18)25-23(27)21-8-5-14-29-21/h2-12,14,20H,13,15-16H2,1H3,(H,24,26)(H,25,27). The first-order valence-corrected chi connectivity index (χ1v) is 9.47. The van der Waals surface area contributed by atoms with Gasteiger partial charge in [-0.15, -0.1) is 0 Å². The van der Waals surface area contributed by atoms with Gasteiger partial charge in [-0.3, -0.25) is 9.59 Å². The Bertz CT molecular complexity index is 906. The van der Waals surface area contributed by atoms with Gasteiger partial charge < -0.3 is 19.8 Å². The van der Waals surface area contributed by atoms with Crippen LogP contribution in [0.15, 0.2) is 77.4 Å². The van der Waals surface area contributed by atoms with Crippen LogP contribution in [-0.4, -0.2) is 31.0 Å². The molecule has 150 valence electrons. The Kier molecular flexibility index (Phi) is 7.05. The highest BCUT2D eigenvalue weighted by Gasteiger charge is 2.22. The molecule has 0 aliphatic carbocycles. The van der Waals surface area contributed by atoms with Gasteiger partial charge in [-0.05, 0) is 36.8 Å². The summed E-state index contributed by atoms with van der Waals surface area (Å²) in [4.78, 5) is 25.0. The second-order valence-electron chi connectivity index (χ2n) is 6.65. The first kappa shape index (κ1) is 20.2. The molecule has 0 aliphatic rings. The van der Waals surface area contributed by atoms with E-state index >= 15 is 0 Å². The van der Waals surface area contributed by atoms with Gasteiger partial charge in [0.25, 0.3) is 5.91 Å². The average Bonchev–Trinajstić information content (AvgIpc) is 3.28. The highest BCUT2D eigenvalue weighted by molar-refractivity contribution is 5.95. The van der Waals surface area contributed by atoms with E-state index in [9.17, 15) is 9.59 Å². The second kappa shape index (κ2) is 10.1. The lowest BCUT2D eigenvalue weighted by atomic mass is 10.1. The summed E-state index contributed by atoms with van der Waals surface area (Å²) in [6.45, 7) is 2.67. The van der Waals surface area contributed by atoms with Gasteiger partial charge in [0, 0.05) is 6.42 Å². The molecule has 2 N–H and O–H groups in total. The molecule has 3 aromatic rings. The van der Waals surface area contributed by atoms with E-state index in [4.69, 9.17) is 9.15 Å². The summed E-state index contributed by atoms with van der Waals surface area (Å²) in [6.07, 6.45) is 1.79. The molecule has 0 spiro atoms. The van der Waals surface area contributed by atoms with Crippen molar-refractivity contribution < 1.29 is 18.7 Å². The minimum Gasteiger partial charge on any atom is -0.492 e. The molecule has 0 aliphatic heterocycles. The Morgan fingerprint density at radius 3 is 2.45 bits per heavy atom. The fraction of sp³-hybridized carbons (Fsp3) is 0.217. The van der Waals surface area contributed by atoms with Crippen LogP contribution >= 0.6 is 0 Å². The Balaban J connectivity index is 1.55. The van der Waals surface area contributed by atoms with Crippen LogP contribution in [0.4, 0.5) is 0 Å². The molecule has 1 heterocycles. The van der Waals surface area contributed by atoms with Crippen LogP contribution in [0.25, 0.3) is 0 Å². The molecule has 6 heteroatoms. The summed E-state index contributed by atoms with van der Waals surface area (Å²) in [5.74, 6) is 0.207. The van der Waals surface area contributed by atoms with Crippen LogP contribution < -0.4 is 15.4 Å². The summed E-state index contributed by atoms with van der Waals surface area (Å²) in [6, 6.07) is 19.7. The number of carbonyl (C=O) groups is 2. The minimum absolute atomic E-state index is 0.165. The zero-order chi connectivity index (χ0) is 20.5. The minimum atomic E-state index is -0.727. The van der Waals surface area contributed by atoms with Gasteiger partial charge >= 0.3 is 0 Å². The van der Waals surface area contributed by atoms with Gasteiger partial charge in [-0.25, -0.2) is 0 Å². The van der Waals surface area contributed by atoms with Gasteiger partial charge in [-0.1, -0.05) is 48.0 Å². The van der Waals surface area contributed by atoms with E-state index < -0.39 is 11.9 Å². The van der Waals surface area contributed by atoms with E-state index in [0.717, 1.165) is 16.9 Å². The smallest absolute Gasteiger partial charge is 0.287 e. The molecule has 0 bridgehead atoms. The fourth-order valence-corrected chi connectivity index (χ4v) is 2.80. The SMILES string of the molecule is Cc1ccc(OCCNC(=O)C(Cc2ccccc2)NC(=O)c2ccco2)cc1. The van der Waals surface area contributed by atoms with Crippen LogP contribution in [0.3, 0.4) is 0 Å². The van der Waals surface area contributed by atoms with Gasteiger partial charge in [-0.2, -0.15) is 0 Å². The Hall–Kier alpha value is -3.54. The van der Waals surface area contributed by atoms with Crippen molar-refractivity contribution in [3.63, 3.8) is 0 Å². The van der Waals surface area contributed by atoms with E-state index in [-0.39, 0.29) is 11.7 Å². The number of aryl methyl sites for hydroxylation is 1. The molecule has 29 heavy (non-hydrogen) atoms. The van der Waals surface area contributed by atoms with Crippen LogP contribution in [0.2, 0.25) is 0 Å². The zero-order valence-electron chi connectivity index (χ0n) is 16.3. The summed E-state index contributed by atoms with van der Waals surface area (Å²) in [5, 5.41) is 5.57. The van der Waals surface area contributed by atoms with Crippen molar-refractivity contribution in [2.45, 2.75) is 19.4 Å². The maximum Gasteiger partial charge on any atom is 0.287 e. The lowest BCUT2D eigenvalue weighted by Crippen LogP contribution is -2.48. The number of ether oxygens (including phenoxy) is 1. The number of hydrogen-bond acceptors (Lipinski definition) is 4. The van der Waals surface area contributed by atoms with Gasteiger partial charge in [0.2, 0.25) is 5.91 Å². The second-order valence-corrected chi connectivity index (χ2v) is 6.65. The number of benzene rings is 2. The number of rotatable bonds is 9. The molecule has 1 unspecified atom stereocenters. The van der Waals surface area contributed by atoms with Crippen molar-refractivity contribution >= 4 is 11.8 Å². The molecule has 1 aromatic heterocycles. The molecule has 0 fully saturated rings. The fourth-order valence-electron chi connectivity index (χ4n) is 2.80. The average molecular weight is 392 g/mol. The summed E-state index contributed by atoms with van der Waals surface area (Å²) in [7, 11) is 0. The lowest BCUT2D eigenvalue weighted by Gasteiger charge is -2.18. The largest absolute Gasteiger partial charge is 0.492 e. The van der Waals surface area contributed by atoms with Crippen LogP contribution in [0.1, 0.15) is 21.7 Å². The van der Waals surface area contributed by atoms with Gasteiger partial charge in [0.1, 0.15) is 18.4 Å². The van der Waals surface area contributed by atoms with Crippen LogP contribution in [0.5, 0.6) is 5.75 Å².